The van der Waals surface area contributed by atoms with Crippen molar-refractivity contribution in [3.8, 4) is 11.5 Å². The molecular weight excluding hydrogens is 226 g/mol. The molecule has 0 atom stereocenters. The molecule has 0 unspecified atom stereocenters. The van der Waals surface area contributed by atoms with Crippen molar-refractivity contribution in [3.63, 3.8) is 0 Å². The number of hydrogen-bond donors (Lipinski definition) is 1. The van der Waals surface area contributed by atoms with Gasteiger partial charge >= 0.3 is 0 Å². The van der Waals surface area contributed by atoms with E-state index in [2.05, 4.69) is 32.7 Å². The van der Waals surface area contributed by atoms with Crippen LogP contribution in [0.3, 0.4) is 0 Å². The van der Waals surface area contributed by atoms with Gasteiger partial charge in [-0.1, -0.05) is 12.7 Å². The summed E-state index contributed by atoms with van der Waals surface area (Å²) in [6, 6.07) is 5.83. The van der Waals surface area contributed by atoms with Crippen molar-refractivity contribution in [2.24, 2.45) is 0 Å². The summed E-state index contributed by atoms with van der Waals surface area (Å²) in [4.78, 5) is 0. The highest BCUT2D eigenvalue weighted by atomic mass is 16.5. The maximum absolute atomic E-state index is 5.64. The minimum Gasteiger partial charge on any atom is -0.497 e. The lowest BCUT2D eigenvalue weighted by atomic mass is 10.1. The molecule has 0 saturated carbocycles. The van der Waals surface area contributed by atoms with E-state index in [-0.39, 0.29) is 5.54 Å². The third-order valence-corrected chi connectivity index (χ3v) is 2.43. The number of hydrogen-bond acceptors (Lipinski definition) is 3. The van der Waals surface area contributed by atoms with E-state index < -0.39 is 0 Å². The summed E-state index contributed by atoms with van der Waals surface area (Å²) in [5, 5.41) is 3.44. The second-order valence-electron chi connectivity index (χ2n) is 5.18. The van der Waals surface area contributed by atoms with E-state index in [1.807, 2.05) is 18.2 Å². The molecule has 1 aromatic carbocycles. The number of nitrogens with one attached hydrogen (secondary N) is 1. The van der Waals surface area contributed by atoms with Crippen molar-refractivity contribution >= 4 is 0 Å². The largest absolute Gasteiger partial charge is 0.497 e. The lowest BCUT2D eigenvalue weighted by Crippen LogP contribution is -2.35. The molecule has 3 heteroatoms. The quantitative estimate of drug-likeness (QED) is 0.786. The highest BCUT2D eigenvalue weighted by Crippen LogP contribution is 2.24. The second kappa shape index (κ2) is 6.45. The second-order valence-corrected chi connectivity index (χ2v) is 5.18. The van der Waals surface area contributed by atoms with Gasteiger partial charge in [-0.3, -0.25) is 0 Å². The van der Waals surface area contributed by atoms with Gasteiger partial charge in [-0.15, -0.1) is 0 Å². The molecule has 1 aromatic rings. The highest BCUT2D eigenvalue weighted by Gasteiger charge is 2.11. The zero-order valence-corrected chi connectivity index (χ0v) is 11.7. The number of ether oxygens (including phenoxy) is 2. The molecule has 0 heterocycles. The van der Waals surface area contributed by atoms with Crippen molar-refractivity contribution in [1.29, 1.82) is 0 Å². The van der Waals surface area contributed by atoms with Crippen molar-refractivity contribution in [2.45, 2.75) is 32.9 Å². The Morgan fingerprint density at radius 2 is 2.06 bits per heavy atom. The molecule has 3 nitrogen and oxygen atoms in total. The first-order valence-electron chi connectivity index (χ1n) is 6.12. The normalized spacial score (nSPS) is 11.1. The Balaban J connectivity index is 2.85. The van der Waals surface area contributed by atoms with Crippen LogP contribution < -0.4 is 14.8 Å². The fraction of sp³-hybridized carbons (Fsp3) is 0.467. The van der Waals surface area contributed by atoms with E-state index >= 15 is 0 Å². The molecule has 1 N–H and O–H groups in total. The van der Waals surface area contributed by atoms with Crippen LogP contribution in [0.5, 0.6) is 11.5 Å². The highest BCUT2D eigenvalue weighted by molar-refractivity contribution is 5.40. The molecule has 0 aromatic heterocycles. The average molecular weight is 249 g/mol. The molecule has 0 aliphatic heterocycles. The van der Waals surface area contributed by atoms with Crippen LogP contribution in [-0.4, -0.2) is 19.3 Å². The first-order chi connectivity index (χ1) is 8.46. The van der Waals surface area contributed by atoms with Gasteiger partial charge in [0.2, 0.25) is 0 Å². The maximum Gasteiger partial charge on any atom is 0.124 e. The van der Waals surface area contributed by atoms with E-state index in [9.17, 15) is 0 Å². The van der Waals surface area contributed by atoms with Gasteiger partial charge in [0.05, 0.1) is 7.11 Å². The van der Waals surface area contributed by atoms with Crippen LogP contribution in [0.25, 0.3) is 0 Å². The predicted octanol–water partition coefficient (Wildman–Crippen LogP) is 3.15. The van der Waals surface area contributed by atoms with E-state index in [1.165, 1.54) is 0 Å². The molecule has 1 rings (SSSR count). The predicted molar refractivity (Wildman–Crippen MR) is 75.3 cm³/mol. The summed E-state index contributed by atoms with van der Waals surface area (Å²) in [5.41, 5.74) is 1.16. The SMILES string of the molecule is C=CCOc1ccc(OC)cc1CNC(C)(C)C. The van der Waals surface area contributed by atoms with E-state index in [0.29, 0.717) is 6.61 Å². The van der Waals surface area contributed by atoms with Gasteiger partial charge in [0.15, 0.2) is 0 Å². The van der Waals surface area contributed by atoms with Gasteiger partial charge < -0.3 is 14.8 Å². The minimum atomic E-state index is 0.0682. The first kappa shape index (κ1) is 14.6. The fourth-order valence-corrected chi connectivity index (χ4v) is 1.47. The van der Waals surface area contributed by atoms with Crippen LogP contribution in [0.1, 0.15) is 26.3 Å². The summed E-state index contributed by atoms with van der Waals surface area (Å²) < 4.78 is 10.9. The molecule has 0 aliphatic rings. The van der Waals surface area contributed by atoms with Crippen LogP contribution in [0.4, 0.5) is 0 Å². The third-order valence-electron chi connectivity index (χ3n) is 2.43. The summed E-state index contributed by atoms with van der Waals surface area (Å²) in [6.45, 7) is 11.3. The van der Waals surface area contributed by atoms with Gasteiger partial charge in [-0.25, -0.2) is 0 Å². The summed E-state index contributed by atoms with van der Waals surface area (Å²) >= 11 is 0. The Morgan fingerprint density at radius 1 is 1.33 bits per heavy atom. The lowest BCUT2D eigenvalue weighted by molar-refractivity contribution is 0.350. The molecular formula is C15H23NO2. The van der Waals surface area contributed by atoms with Crippen LogP contribution in [0, 0.1) is 0 Å². The van der Waals surface area contributed by atoms with Crippen LogP contribution in [0.2, 0.25) is 0 Å². The molecule has 0 aliphatic carbocycles. The van der Waals surface area contributed by atoms with Crippen molar-refractivity contribution in [2.75, 3.05) is 13.7 Å². The maximum atomic E-state index is 5.64. The molecule has 0 fully saturated rings. The monoisotopic (exact) mass is 249 g/mol. The molecule has 18 heavy (non-hydrogen) atoms. The van der Waals surface area contributed by atoms with Gasteiger partial charge in [-0.05, 0) is 39.0 Å². The van der Waals surface area contributed by atoms with Crippen molar-refractivity contribution in [1.82, 2.24) is 5.32 Å². The zero-order valence-electron chi connectivity index (χ0n) is 11.7. The Hall–Kier alpha value is -1.48. The molecule has 0 saturated heterocycles. The number of rotatable bonds is 6. The summed E-state index contributed by atoms with van der Waals surface area (Å²) in [5.74, 6) is 1.71. The molecule has 0 radical (unpaired) electrons. The van der Waals surface area contributed by atoms with Crippen LogP contribution >= 0.6 is 0 Å². The molecule has 0 amide bonds. The average Bonchev–Trinajstić information content (AvgIpc) is 2.33. The van der Waals surface area contributed by atoms with Crippen LogP contribution in [-0.2, 0) is 6.54 Å². The third kappa shape index (κ3) is 4.80. The zero-order chi connectivity index (χ0) is 13.6. The Kier molecular flexibility index (Phi) is 5.23. The van der Waals surface area contributed by atoms with Crippen molar-refractivity contribution in [3.05, 3.63) is 36.4 Å². The standard InChI is InChI=1S/C15H23NO2/c1-6-9-18-14-8-7-13(17-5)10-12(14)11-16-15(2,3)4/h6-8,10,16H,1,9,11H2,2-5H3. The van der Waals surface area contributed by atoms with Gasteiger partial charge in [0.1, 0.15) is 18.1 Å². The van der Waals surface area contributed by atoms with Crippen molar-refractivity contribution < 1.29 is 9.47 Å². The molecule has 0 bridgehead atoms. The Labute approximate surface area is 110 Å². The molecule has 100 valence electrons. The Bertz CT molecular complexity index is 394. The van der Waals surface area contributed by atoms with Gasteiger partial charge in [-0.2, -0.15) is 0 Å². The number of methoxy groups -OCH3 is 1. The first-order valence-corrected chi connectivity index (χ1v) is 6.12. The Morgan fingerprint density at radius 3 is 2.61 bits per heavy atom. The van der Waals surface area contributed by atoms with Gasteiger partial charge in [0.25, 0.3) is 0 Å². The van der Waals surface area contributed by atoms with E-state index in [1.54, 1.807) is 13.2 Å². The van der Waals surface area contributed by atoms with Crippen LogP contribution in [0.15, 0.2) is 30.9 Å². The molecule has 0 spiro atoms. The smallest absolute Gasteiger partial charge is 0.124 e. The van der Waals surface area contributed by atoms with E-state index in [4.69, 9.17) is 9.47 Å². The number of benzene rings is 1. The minimum absolute atomic E-state index is 0.0682. The fourth-order valence-electron chi connectivity index (χ4n) is 1.47. The topological polar surface area (TPSA) is 30.5 Å². The summed E-state index contributed by atoms with van der Waals surface area (Å²) in [7, 11) is 1.67. The van der Waals surface area contributed by atoms with Gasteiger partial charge in [0, 0.05) is 17.6 Å². The summed E-state index contributed by atoms with van der Waals surface area (Å²) in [6.07, 6.45) is 1.74. The lowest BCUT2D eigenvalue weighted by Gasteiger charge is -2.22. The van der Waals surface area contributed by atoms with E-state index in [0.717, 1.165) is 23.6 Å².